The lowest BCUT2D eigenvalue weighted by Gasteiger charge is -2.34. The van der Waals surface area contributed by atoms with E-state index in [2.05, 4.69) is 48.4 Å². The lowest BCUT2D eigenvalue weighted by atomic mass is 10.2. The van der Waals surface area contributed by atoms with Crippen LogP contribution >= 0.6 is 0 Å². The minimum absolute atomic E-state index is 0.498. The Labute approximate surface area is 167 Å². The quantitative estimate of drug-likeness (QED) is 0.578. The molecule has 0 bridgehead atoms. The van der Waals surface area contributed by atoms with Crippen molar-refractivity contribution in [3.8, 4) is 0 Å². The average Bonchev–Trinajstić information content (AvgIpc) is 3.06. The summed E-state index contributed by atoms with van der Waals surface area (Å²) in [7, 11) is 1.76. The summed E-state index contributed by atoms with van der Waals surface area (Å²) in [5.74, 6) is 3.27. The van der Waals surface area contributed by atoms with Crippen LogP contribution in [0.15, 0.2) is 27.7 Å². The first-order valence-electron chi connectivity index (χ1n) is 9.88. The SMILES string of the molecule is CCN1CCN(c2cc(CNC(=NC)NCc3nc(C)c(C)o3)ccn2)CC1. The van der Waals surface area contributed by atoms with Crippen molar-refractivity contribution in [2.45, 2.75) is 33.9 Å². The van der Waals surface area contributed by atoms with E-state index in [1.54, 1.807) is 7.05 Å². The number of rotatable bonds is 6. The first-order chi connectivity index (χ1) is 13.6. The maximum absolute atomic E-state index is 5.60. The van der Waals surface area contributed by atoms with Crippen molar-refractivity contribution >= 4 is 11.8 Å². The molecular formula is C20H31N7O. The molecule has 0 aliphatic carbocycles. The number of oxazole rings is 1. The van der Waals surface area contributed by atoms with Crippen molar-refractivity contribution in [3.05, 3.63) is 41.2 Å². The predicted octanol–water partition coefficient (Wildman–Crippen LogP) is 1.69. The molecule has 3 heterocycles. The zero-order valence-electron chi connectivity index (χ0n) is 17.3. The van der Waals surface area contributed by atoms with E-state index in [-0.39, 0.29) is 0 Å². The summed E-state index contributed by atoms with van der Waals surface area (Å²) in [5, 5.41) is 6.58. The van der Waals surface area contributed by atoms with E-state index >= 15 is 0 Å². The van der Waals surface area contributed by atoms with Gasteiger partial charge >= 0.3 is 0 Å². The van der Waals surface area contributed by atoms with Gasteiger partial charge in [-0.15, -0.1) is 0 Å². The van der Waals surface area contributed by atoms with Crippen molar-refractivity contribution in [2.75, 3.05) is 44.7 Å². The summed E-state index contributed by atoms with van der Waals surface area (Å²) < 4.78 is 5.60. The number of guanidine groups is 1. The molecule has 2 aromatic heterocycles. The fraction of sp³-hybridized carbons (Fsp3) is 0.550. The molecule has 2 aromatic rings. The number of likely N-dealkylation sites (N-methyl/N-ethyl adjacent to an activating group) is 1. The van der Waals surface area contributed by atoms with Gasteiger partial charge in [-0.1, -0.05) is 6.92 Å². The smallest absolute Gasteiger partial charge is 0.214 e. The Morgan fingerprint density at radius 3 is 2.57 bits per heavy atom. The molecule has 0 aromatic carbocycles. The van der Waals surface area contributed by atoms with Crippen LogP contribution < -0.4 is 15.5 Å². The van der Waals surface area contributed by atoms with Gasteiger partial charge in [-0.2, -0.15) is 0 Å². The summed E-state index contributed by atoms with van der Waals surface area (Å²) in [5.41, 5.74) is 2.09. The number of pyridine rings is 1. The molecule has 0 radical (unpaired) electrons. The predicted molar refractivity (Wildman–Crippen MR) is 112 cm³/mol. The second-order valence-corrected chi connectivity index (χ2v) is 6.97. The lowest BCUT2D eigenvalue weighted by Crippen LogP contribution is -2.46. The average molecular weight is 386 g/mol. The van der Waals surface area contributed by atoms with E-state index < -0.39 is 0 Å². The molecule has 0 atom stereocenters. The van der Waals surface area contributed by atoms with Crippen LogP contribution in [0.5, 0.6) is 0 Å². The monoisotopic (exact) mass is 385 g/mol. The minimum Gasteiger partial charge on any atom is -0.444 e. The van der Waals surface area contributed by atoms with Gasteiger partial charge in [0.1, 0.15) is 11.6 Å². The van der Waals surface area contributed by atoms with Crippen molar-refractivity contribution in [3.63, 3.8) is 0 Å². The Bertz CT molecular complexity index is 774. The minimum atomic E-state index is 0.498. The van der Waals surface area contributed by atoms with Gasteiger partial charge in [0.25, 0.3) is 0 Å². The van der Waals surface area contributed by atoms with Crippen molar-refractivity contribution in [1.82, 2.24) is 25.5 Å². The van der Waals surface area contributed by atoms with Crippen molar-refractivity contribution in [1.29, 1.82) is 0 Å². The maximum Gasteiger partial charge on any atom is 0.214 e. The van der Waals surface area contributed by atoms with Crippen LogP contribution in [0.1, 0.15) is 29.8 Å². The first-order valence-corrected chi connectivity index (χ1v) is 9.88. The molecule has 1 fully saturated rings. The van der Waals surface area contributed by atoms with Gasteiger partial charge in [-0.05, 0) is 38.1 Å². The number of aliphatic imine (C=N–C) groups is 1. The molecule has 3 rings (SSSR count). The second kappa shape index (κ2) is 9.54. The lowest BCUT2D eigenvalue weighted by molar-refractivity contribution is 0.270. The van der Waals surface area contributed by atoms with E-state index in [9.17, 15) is 0 Å². The third kappa shape index (κ3) is 5.22. The zero-order chi connectivity index (χ0) is 19.9. The highest BCUT2D eigenvalue weighted by atomic mass is 16.4. The number of hydrogen-bond donors (Lipinski definition) is 2. The van der Waals surface area contributed by atoms with Gasteiger partial charge < -0.3 is 24.9 Å². The Morgan fingerprint density at radius 1 is 1.18 bits per heavy atom. The largest absolute Gasteiger partial charge is 0.444 e. The van der Waals surface area contributed by atoms with Gasteiger partial charge in [0, 0.05) is 46.0 Å². The standard InChI is InChI=1S/C20H31N7O/c1-5-26-8-10-27(11-9-26)18-12-17(6-7-22-18)13-23-20(21-4)24-14-19-25-15(2)16(3)28-19/h6-7,12H,5,8-11,13-14H2,1-4H3,(H2,21,23,24). The van der Waals surface area contributed by atoms with Crippen LogP contribution in [0.25, 0.3) is 0 Å². The Balaban J connectivity index is 1.51. The van der Waals surface area contributed by atoms with Gasteiger partial charge in [0.2, 0.25) is 5.89 Å². The van der Waals surface area contributed by atoms with Gasteiger partial charge in [0.15, 0.2) is 5.96 Å². The fourth-order valence-electron chi connectivity index (χ4n) is 3.22. The van der Waals surface area contributed by atoms with Crippen molar-refractivity contribution < 1.29 is 4.42 Å². The molecule has 1 aliphatic rings. The summed E-state index contributed by atoms with van der Waals surface area (Å²) in [6.45, 7) is 12.6. The highest BCUT2D eigenvalue weighted by molar-refractivity contribution is 5.79. The summed E-state index contributed by atoms with van der Waals surface area (Å²) in [6.07, 6.45) is 1.88. The van der Waals surface area contributed by atoms with Gasteiger partial charge in [0.05, 0.1) is 12.2 Å². The van der Waals surface area contributed by atoms with Crippen molar-refractivity contribution in [2.24, 2.45) is 4.99 Å². The Morgan fingerprint density at radius 2 is 1.93 bits per heavy atom. The molecule has 0 amide bonds. The molecule has 1 aliphatic heterocycles. The van der Waals surface area contributed by atoms with Crippen LogP contribution in [0.4, 0.5) is 5.82 Å². The highest BCUT2D eigenvalue weighted by Gasteiger charge is 2.16. The summed E-state index contributed by atoms with van der Waals surface area (Å²) in [4.78, 5) is 18.0. The molecule has 28 heavy (non-hydrogen) atoms. The van der Waals surface area contributed by atoms with Crippen LogP contribution in [-0.2, 0) is 13.1 Å². The van der Waals surface area contributed by atoms with Crippen LogP contribution in [0, 0.1) is 13.8 Å². The molecule has 152 valence electrons. The number of anilines is 1. The van der Waals surface area contributed by atoms with Gasteiger partial charge in [-0.3, -0.25) is 4.99 Å². The second-order valence-electron chi connectivity index (χ2n) is 6.97. The maximum atomic E-state index is 5.60. The van der Waals surface area contributed by atoms with Crippen LogP contribution in [0.3, 0.4) is 0 Å². The van der Waals surface area contributed by atoms with E-state index in [0.29, 0.717) is 24.9 Å². The van der Waals surface area contributed by atoms with E-state index in [1.807, 2.05) is 26.1 Å². The topological polar surface area (TPSA) is 81.8 Å². The molecule has 2 N–H and O–H groups in total. The Hall–Kier alpha value is -2.61. The molecule has 8 nitrogen and oxygen atoms in total. The molecular weight excluding hydrogens is 354 g/mol. The van der Waals surface area contributed by atoms with E-state index in [4.69, 9.17) is 4.42 Å². The molecule has 0 unspecified atom stereocenters. The molecule has 0 spiro atoms. The third-order valence-electron chi connectivity index (χ3n) is 5.12. The van der Waals surface area contributed by atoms with E-state index in [1.165, 1.54) is 5.56 Å². The summed E-state index contributed by atoms with van der Waals surface area (Å²) in [6, 6.07) is 4.19. The first kappa shape index (κ1) is 20.1. The van der Waals surface area contributed by atoms with E-state index in [0.717, 1.165) is 50.0 Å². The third-order valence-corrected chi connectivity index (χ3v) is 5.12. The van der Waals surface area contributed by atoms with Crippen LogP contribution in [-0.4, -0.2) is 60.6 Å². The number of piperazine rings is 1. The number of hydrogen-bond acceptors (Lipinski definition) is 6. The molecule has 1 saturated heterocycles. The molecule has 8 heteroatoms. The number of aromatic nitrogens is 2. The van der Waals surface area contributed by atoms with Crippen LogP contribution in [0.2, 0.25) is 0 Å². The number of aryl methyl sites for hydroxylation is 2. The zero-order valence-corrected chi connectivity index (χ0v) is 17.3. The normalized spacial score (nSPS) is 15.7. The molecule has 0 saturated carbocycles. The number of nitrogens with zero attached hydrogens (tertiary/aromatic N) is 5. The Kier molecular flexibility index (Phi) is 6.86. The summed E-state index contributed by atoms with van der Waals surface area (Å²) >= 11 is 0. The fourth-order valence-corrected chi connectivity index (χ4v) is 3.22. The van der Waals surface area contributed by atoms with Gasteiger partial charge in [-0.25, -0.2) is 9.97 Å². The highest BCUT2D eigenvalue weighted by Crippen LogP contribution is 2.15. The number of nitrogens with one attached hydrogen (secondary N) is 2.